The average molecular weight is 404 g/mol. The van der Waals surface area contributed by atoms with Gasteiger partial charge in [0.15, 0.2) is 0 Å². The molecule has 0 aliphatic heterocycles. The molecule has 0 aliphatic carbocycles. The van der Waals surface area contributed by atoms with Crippen LogP contribution in [-0.4, -0.2) is 43.3 Å². The smallest absolute Gasteiger partial charge is 0.201 e. The lowest BCUT2D eigenvalue weighted by atomic mass is 10.1. The molecule has 0 fully saturated rings. The van der Waals surface area contributed by atoms with E-state index in [0.717, 1.165) is 30.7 Å². The fraction of sp³-hybridized carbons (Fsp3) is 0.381. The van der Waals surface area contributed by atoms with Gasteiger partial charge in [0.25, 0.3) is 0 Å². The van der Waals surface area contributed by atoms with Gasteiger partial charge in [-0.05, 0) is 25.2 Å². The molecule has 2 N–H and O–H groups in total. The molecule has 0 aliphatic rings. The van der Waals surface area contributed by atoms with Gasteiger partial charge >= 0.3 is 0 Å². The highest BCUT2D eigenvalue weighted by Crippen LogP contribution is 2.33. The first-order chi connectivity index (χ1) is 13.4. The van der Waals surface area contributed by atoms with Crippen LogP contribution in [0.5, 0.6) is 11.5 Å². The van der Waals surface area contributed by atoms with E-state index < -0.39 is 0 Å². The number of ether oxygens (including phenoxy) is 2. The second-order valence-corrected chi connectivity index (χ2v) is 7.03. The molecular weight excluding hydrogens is 378 g/mol. The summed E-state index contributed by atoms with van der Waals surface area (Å²) in [7, 11) is 3.14. The van der Waals surface area contributed by atoms with Crippen LogP contribution in [0.1, 0.15) is 13.8 Å². The van der Waals surface area contributed by atoms with E-state index in [4.69, 9.17) is 26.8 Å². The molecule has 0 saturated heterocycles. The molecule has 28 heavy (non-hydrogen) atoms. The number of pyridine rings is 1. The van der Waals surface area contributed by atoms with Gasteiger partial charge in [-0.15, -0.1) is 0 Å². The maximum Gasteiger partial charge on any atom is 0.201 e. The number of methoxy groups -OCH3 is 2. The zero-order chi connectivity index (χ0) is 20.4. The topological polar surface area (TPSA) is 69.7 Å². The molecule has 1 aromatic heterocycles. The van der Waals surface area contributed by atoms with Crippen LogP contribution < -0.4 is 20.6 Å². The van der Waals surface area contributed by atoms with Gasteiger partial charge in [-0.25, -0.2) is 0 Å². The van der Waals surface area contributed by atoms with E-state index in [1.165, 1.54) is 0 Å². The van der Waals surface area contributed by atoms with Gasteiger partial charge in [-0.1, -0.05) is 25.4 Å². The van der Waals surface area contributed by atoms with E-state index >= 15 is 0 Å². The summed E-state index contributed by atoms with van der Waals surface area (Å²) in [6.45, 7) is 7.69. The second kappa shape index (κ2) is 8.29. The number of nitrogens with two attached hydrogens (primary N) is 1. The molecule has 2 aromatic carbocycles. The van der Waals surface area contributed by atoms with Crippen molar-refractivity contribution >= 4 is 39.1 Å². The molecule has 3 aromatic rings. The SMILES string of the molecule is CCN(CC)CCn1c2cc(Cl)c(N)cc2c(=O)c2c(OC)cc(OC)cc21. The van der Waals surface area contributed by atoms with Gasteiger partial charge in [0, 0.05) is 30.6 Å². The van der Waals surface area contributed by atoms with E-state index in [1.807, 2.05) is 6.07 Å². The highest BCUT2D eigenvalue weighted by molar-refractivity contribution is 6.34. The van der Waals surface area contributed by atoms with Crippen molar-refractivity contribution in [3.8, 4) is 11.5 Å². The molecular formula is C21H26ClN3O3. The maximum atomic E-state index is 13.3. The van der Waals surface area contributed by atoms with Gasteiger partial charge in [-0.2, -0.15) is 0 Å². The third-order valence-corrected chi connectivity index (χ3v) is 5.54. The number of likely N-dealkylation sites (N-methyl/N-ethyl adjacent to an activating group) is 1. The first-order valence-electron chi connectivity index (χ1n) is 9.34. The number of nitrogen functional groups attached to an aromatic ring is 1. The summed E-state index contributed by atoms with van der Waals surface area (Å²) in [5.74, 6) is 1.10. The number of hydrogen-bond acceptors (Lipinski definition) is 5. The van der Waals surface area contributed by atoms with Crippen LogP contribution in [0.3, 0.4) is 0 Å². The first kappa shape index (κ1) is 20.3. The normalized spacial score (nSPS) is 11.5. The lowest BCUT2D eigenvalue weighted by Crippen LogP contribution is -2.27. The quantitative estimate of drug-likeness (QED) is 0.480. The third kappa shape index (κ3) is 3.50. The lowest BCUT2D eigenvalue weighted by Gasteiger charge is -2.22. The summed E-state index contributed by atoms with van der Waals surface area (Å²) >= 11 is 6.30. The Morgan fingerprint density at radius 1 is 1.07 bits per heavy atom. The van der Waals surface area contributed by atoms with Crippen LogP contribution >= 0.6 is 11.6 Å². The monoisotopic (exact) mass is 403 g/mol. The first-order valence-corrected chi connectivity index (χ1v) is 9.72. The van der Waals surface area contributed by atoms with Crippen LogP contribution in [0, 0.1) is 0 Å². The molecule has 0 amide bonds. The van der Waals surface area contributed by atoms with Gasteiger partial charge in [-0.3, -0.25) is 4.79 Å². The Balaban J connectivity index is 2.41. The van der Waals surface area contributed by atoms with E-state index in [2.05, 4.69) is 23.3 Å². The third-order valence-electron chi connectivity index (χ3n) is 5.21. The Bertz CT molecular complexity index is 1070. The highest BCUT2D eigenvalue weighted by atomic mass is 35.5. The van der Waals surface area contributed by atoms with E-state index in [0.29, 0.717) is 39.5 Å². The van der Waals surface area contributed by atoms with Gasteiger partial charge in [0.2, 0.25) is 5.43 Å². The van der Waals surface area contributed by atoms with Crippen molar-refractivity contribution in [1.82, 2.24) is 9.47 Å². The summed E-state index contributed by atoms with van der Waals surface area (Å²) in [5, 5.41) is 1.46. The van der Waals surface area contributed by atoms with Crippen molar-refractivity contribution in [1.29, 1.82) is 0 Å². The van der Waals surface area contributed by atoms with Crippen molar-refractivity contribution < 1.29 is 9.47 Å². The summed E-state index contributed by atoms with van der Waals surface area (Å²) in [6.07, 6.45) is 0. The zero-order valence-corrected chi connectivity index (χ0v) is 17.5. The number of fused-ring (bicyclic) bond motifs is 2. The van der Waals surface area contributed by atoms with Crippen molar-refractivity contribution in [2.24, 2.45) is 0 Å². The number of aromatic nitrogens is 1. The van der Waals surface area contributed by atoms with E-state index in [1.54, 1.807) is 32.4 Å². The van der Waals surface area contributed by atoms with Crippen LogP contribution in [0.15, 0.2) is 29.1 Å². The number of halogens is 1. The Labute approximate surface area is 169 Å². The molecule has 0 atom stereocenters. The second-order valence-electron chi connectivity index (χ2n) is 6.62. The number of nitrogens with zero attached hydrogens (tertiary/aromatic N) is 2. The molecule has 3 rings (SSSR count). The lowest BCUT2D eigenvalue weighted by molar-refractivity contribution is 0.293. The summed E-state index contributed by atoms with van der Waals surface area (Å²) in [4.78, 5) is 15.6. The van der Waals surface area contributed by atoms with Gasteiger partial charge in [0.05, 0.1) is 41.3 Å². The predicted molar refractivity (Wildman–Crippen MR) is 116 cm³/mol. The van der Waals surface area contributed by atoms with Crippen LogP contribution in [0.2, 0.25) is 5.02 Å². The summed E-state index contributed by atoms with van der Waals surface area (Å²) in [5.41, 5.74) is 7.74. The highest BCUT2D eigenvalue weighted by Gasteiger charge is 2.18. The molecule has 7 heteroatoms. The molecule has 0 bridgehead atoms. The Kier molecular flexibility index (Phi) is 6.01. The Morgan fingerprint density at radius 2 is 1.79 bits per heavy atom. The molecule has 0 radical (unpaired) electrons. The summed E-state index contributed by atoms with van der Waals surface area (Å²) in [6, 6.07) is 7.01. The number of benzene rings is 2. The molecule has 0 spiro atoms. The standard InChI is InChI=1S/C21H26ClN3O3/c1-5-24(6-2)7-8-25-17-12-15(22)16(23)11-14(17)21(26)20-18(25)9-13(27-3)10-19(20)28-4/h9-12H,5-8,23H2,1-4H3. The average Bonchev–Trinajstić information content (AvgIpc) is 2.71. The maximum absolute atomic E-state index is 13.3. The minimum Gasteiger partial charge on any atom is -0.497 e. The van der Waals surface area contributed by atoms with Crippen molar-refractivity contribution in [3.05, 3.63) is 39.5 Å². The Hall–Kier alpha value is -2.44. The van der Waals surface area contributed by atoms with Crippen molar-refractivity contribution in [2.75, 3.05) is 39.6 Å². The fourth-order valence-corrected chi connectivity index (χ4v) is 3.73. The number of hydrogen-bond donors (Lipinski definition) is 1. The van der Waals surface area contributed by atoms with Crippen LogP contribution in [0.4, 0.5) is 5.69 Å². The molecule has 0 saturated carbocycles. The molecule has 6 nitrogen and oxygen atoms in total. The van der Waals surface area contributed by atoms with E-state index in [-0.39, 0.29) is 5.43 Å². The zero-order valence-electron chi connectivity index (χ0n) is 16.7. The van der Waals surface area contributed by atoms with Crippen LogP contribution in [-0.2, 0) is 6.54 Å². The van der Waals surface area contributed by atoms with Crippen molar-refractivity contribution in [3.63, 3.8) is 0 Å². The van der Waals surface area contributed by atoms with Crippen LogP contribution in [0.25, 0.3) is 21.8 Å². The van der Waals surface area contributed by atoms with E-state index in [9.17, 15) is 4.79 Å². The summed E-state index contributed by atoms with van der Waals surface area (Å²) < 4.78 is 13.0. The number of rotatable bonds is 7. The fourth-order valence-electron chi connectivity index (χ4n) is 3.57. The minimum atomic E-state index is -0.132. The predicted octanol–water partition coefficient (Wildman–Crippen LogP) is 3.75. The largest absolute Gasteiger partial charge is 0.497 e. The van der Waals surface area contributed by atoms with Crippen molar-refractivity contribution in [2.45, 2.75) is 20.4 Å². The molecule has 1 heterocycles. The molecule has 150 valence electrons. The number of anilines is 1. The Morgan fingerprint density at radius 3 is 2.39 bits per heavy atom. The molecule has 0 unspecified atom stereocenters. The van der Waals surface area contributed by atoms with Gasteiger partial charge in [0.1, 0.15) is 11.5 Å². The van der Waals surface area contributed by atoms with Gasteiger partial charge < -0.3 is 24.7 Å². The minimum absolute atomic E-state index is 0.132.